The number of nitrogens with zero attached hydrogens (tertiary/aromatic N) is 1. The molecule has 2 bridgehead atoms. The van der Waals surface area contributed by atoms with Crippen LogP contribution in [0.25, 0.3) is 0 Å². The fraction of sp³-hybridized carbons (Fsp3) is 0.375. The van der Waals surface area contributed by atoms with Gasteiger partial charge in [0.15, 0.2) is 6.61 Å². The molecular weight excluding hydrogens is 542 g/mol. The van der Waals surface area contributed by atoms with Crippen molar-refractivity contribution < 1.29 is 23.9 Å². The minimum Gasteiger partial charge on any atom is -0.482 e. The predicted octanol–water partition coefficient (Wildman–Crippen LogP) is 4.26. The lowest BCUT2D eigenvalue weighted by atomic mass is 9.81. The largest absolute Gasteiger partial charge is 0.482 e. The highest BCUT2D eigenvalue weighted by atomic mass is 79.9. The number of benzene rings is 2. The molecule has 32 heavy (non-hydrogen) atoms. The first-order valence-electron chi connectivity index (χ1n) is 10.5. The lowest BCUT2D eigenvalue weighted by Gasteiger charge is -2.28. The summed E-state index contributed by atoms with van der Waals surface area (Å²) in [6, 6.07) is 13.9. The standard InChI is InChI=1S/C24H21Br2NO5/c1-12-5-2-3-8-17(12)31-11-18(28)32-14-7-4-6-13(9-14)27-23(29)19-15-10-16(20(19)24(27)30)22(26)21(15)25/h2-9,15-16,19-22H,10-11H2,1H3/t15-,16-,19-,20+,21+,22+/m1/s1. The van der Waals surface area contributed by atoms with Gasteiger partial charge in [-0.05, 0) is 48.9 Å². The molecule has 0 N–H and O–H groups in total. The molecule has 2 amide bonds. The SMILES string of the molecule is Cc1ccccc1OCC(=O)Oc1cccc(N2C(=O)[C@@H]3[C@H]4C[C@@H]([C@H](Br)[C@H]4Br)[C@@H]3C2=O)c1. The number of amides is 2. The summed E-state index contributed by atoms with van der Waals surface area (Å²) in [7, 11) is 0. The molecule has 0 spiro atoms. The van der Waals surface area contributed by atoms with Gasteiger partial charge in [-0.25, -0.2) is 9.69 Å². The molecule has 2 aromatic rings. The van der Waals surface area contributed by atoms with Crippen LogP contribution in [0.5, 0.6) is 11.5 Å². The van der Waals surface area contributed by atoms with E-state index < -0.39 is 5.97 Å². The zero-order chi connectivity index (χ0) is 22.6. The number of esters is 1. The van der Waals surface area contributed by atoms with Crippen LogP contribution in [0.2, 0.25) is 0 Å². The average Bonchev–Trinajstić information content (AvgIpc) is 3.38. The maximum absolute atomic E-state index is 13.2. The van der Waals surface area contributed by atoms with Gasteiger partial charge in [-0.3, -0.25) is 9.59 Å². The molecule has 2 aliphatic carbocycles. The highest BCUT2D eigenvalue weighted by Gasteiger charge is 2.66. The first-order chi connectivity index (χ1) is 15.4. The average molecular weight is 563 g/mol. The Balaban J connectivity index is 1.29. The topological polar surface area (TPSA) is 72.9 Å². The number of fused-ring (bicyclic) bond motifs is 5. The first-order valence-corrected chi connectivity index (χ1v) is 12.3. The number of aryl methyl sites for hydroxylation is 1. The summed E-state index contributed by atoms with van der Waals surface area (Å²) in [6.45, 7) is 1.65. The number of carbonyl (C=O) groups is 3. The van der Waals surface area contributed by atoms with Crippen molar-refractivity contribution in [2.45, 2.75) is 23.0 Å². The molecule has 1 saturated heterocycles. The second kappa shape index (κ2) is 8.30. The third-order valence-corrected chi connectivity index (χ3v) is 9.94. The van der Waals surface area contributed by atoms with Crippen molar-refractivity contribution in [2.24, 2.45) is 23.7 Å². The molecule has 2 saturated carbocycles. The van der Waals surface area contributed by atoms with E-state index in [1.807, 2.05) is 25.1 Å². The summed E-state index contributed by atoms with van der Waals surface area (Å²) in [5.74, 6) is -0.306. The summed E-state index contributed by atoms with van der Waals surface area (Å²) in [4.78, 5) is 40.3. The van der Waals surface area contributed by atoms with Crippen LogP contribution in [0, 0.1) is 30.6 Å². The summed E-state index contributed by atoms with van der Waals surface area (Å²) in [5, 5.41) is 0. The highest BCUT2D eigenvalue weighted by Crippen LogP contribution is 2.60. The Kier molecular flexibility index (Phi) is 5.61. The van der Waals surface area contributed by atoms with Gasteiger partial charge in [-0.1, -0.05) is 56.1 Å². The van der Waals surface area contributed by atoms with E-state index in [0.717, 1.165) is 12.0 Å². The van der Waals surface area contributed by atoms with Gasteiger partial charge < -0.3 is 9.47 Å². The van der Waals surface area contributed by atoms with Gasteiger partial charge in [0.2, 0.25) is 11.8 Å². The molecule has 0 aromatic heterocycles. The van der Waals surface area contributed by atoms with Crippen molar-refractivity contribution in [3.8, 4) is 11.5 Å². The Hall–Kier alpha value is -2.19. The second-order valence-electron chi connectivity index (χ2n) is 8.54. The summed E-state index contributed by atoms with van der Waals surface area (Å²) in [5.41, 5.74) is 1.35. The second-order valence-corrected chi connectivity index (χ2v) is 10.7. The van der Waals surface area contributed by atoms with Gasteiger partial charge in [-0.2, -0.15) is 0 Å². The lowest BCUT2D eigenvalue weighted by Crippen LogP contribution is -2.37. The molecule has 6 atom stereocenters. The van der Waals surface area contributed by atoms with Gasteiger partial charge in [0.05, 0.1) is 17.5 Å². The number of halogens is 2. The van der Waals surface area contributed by atoms with Gasteiger partial charge in [0.25, 0.3) is 0 Å². The maximum atomic E-state index is 13.2. The fourth-order valence-corrected chi connectivity index (χ4v) is 7.18. The molecule has 166 valence electrons. The lowest BCUT2D eigenvalue weighted by molar-refractivity contribution is -0.136. The molecule has 1 aliphatic heterocycles. The maximum Gasteiger partial charge on any atom is 0.349 e. The van der Waals surface area contributed by atoms with Gasteiger partial charge >= 0.3 is 5.97 Å². The molecule has 6 nitrogen and oxygen atoms in total. The number of ether oxygens (including phenoxy) is 2. The van der Waals surface area contributed by atoms with Crippen molar-refractivity contribution in [3.05, 3.63) is 54.1 Å². The fourth-order valence-electron chi connectivity index (χ4n) is 5.31. The Morgan fingerprint density at radius 2 is 1.66 bits per heavy atom. The van der Waals surface area contributed by atoms with E-state index in [-0.39, 0.29) is 57.5 Å². The molecule has 0 unspecified atom stereocenters. The summed E-state index contributed by atoms with van der Waals surface area (Å²) in [6.07, 6.45) is 0.880. The number of anilines is 1. The zero-order valence-corrected chi connectivity index (χ0v) is 20.4. The third-order valence-electron chi connectivity index (χ3n) is 6.73. The minimum atomic E-state index is -0.566. The van der Waals surface area contributed by atoms with Crippen molar-refractivity contribution >= 4 is 55.3 Å². The molecular formula is C24H21Br2NO5. The highest BCUT2D eigenvalue weighted by molar-refractivity contribution is 9.12. The predicted molar refractivity (Wildman–Crippen MR) is 125 cm³/mol. The van der Waals surface area contributed by atoms with Crippen molar-refractivity contribution in [3.63, 3.8) is 0 Å². The third kappa shape index (κ3) is 3.48. The van der Waals surface area contributed by atoms with E-state index >= 15 is 0 Å². The van der Waals surface area contributed by atoms with E-state index in [1.165, 1.54) is 4.90 Å². The zero-order valence-electron chi connectivity index (χ0n) is 17.2. The molecule has 1 heterocycles. The quantitative estimate of drug-likeness (QED) is 0.236. The van der Waals surface area contributed by atoms with E-state index in [0.29, 0.717) is 11.4 Å². The van der Waals surface area contributed by atoms with Crippen molar-refractivity contribution in [1.82, 2.24) is 0 Å². The number of alkyl halides is 2. The van der Waals surface area contributed by atoms with E-state index in [1.54, 1.807) is 30.3 Å². The number of carbonyl (C=O) groups excluding carboxylic acids is 3. The van der Waals surface area contributed by atoms with Crippen LogP contribution in [0.1, 0.15) is 12.0 Å². The van der Waals surface area contributed by atoms with Crippen LogP contribution in [0.15, 0.2) is 48.5 Å². The summed E-state index contributed by atoms with van der Waals surface area (Å²) < 4.78 is 10.9. The first kappa shape index (κ1) is 21.6. The number of hydrogen-bond donors (Lipinski definition) is 0. The Bertz CT molecular complexity index is 1070. The molecule has 3 fully saturated rings. The van der Waals surface area contributed by atoms with Crippen LogP contribution >= 0.6 is 31.9 Å². The molecule has 5 rings (SSSR count). The Labute approximate surface area is 202 Å². The minimum absolute atomic E-state index is 0.149. The number of hydrogen-bond acceptors (Lipinski definition) is 5. The van der Waals surface area contributed by atoms with Crippen LogP contribution < -0.4 is 14.4 Å². The van der Waals surface area contributed by atoms with Crippen LogP contribution in [-0.2, 0) is 14.4 Å². The Morgan fingerprint density at radius 1 is 1.00 bits per heavy atom. The van der Waals surface area contributed by atoms with E-state index in [4.69, 9.17) is 9.47 Å². The van der Waals surface area contributed by atoms with Crippen molar-refractivity contribution in [1.29, 1.82) is 0 Å². The molecule has 3 aliphatic rings. The van der Waals surface area contributed by atoms with Crippen LogP contribution in [0.4, 0.5) is 5.69 Å². The Morgan fingerprint density at radius 3 is 2.31 bits per heavy atom. The monoisotopic (exact) mass is 561 g/mol. The van der Waals surface area contributed by atoms with E-state index in [9.17, 15) is 14.4 Å². The normalized spacial score (nSPS) is 30.5. The van der Waals surface area contributed by atoms with Gasteiger partial charge in [0, 0.05) is 15.7 Å². The van der Waals surface area contributed by atoms with Crippen LogP contribution in [0.3, 0.4) is 0 Å². The number of rotatable bonds is 5. The number of imide groups is 1. The molecule has 0 radical (unpaired) electrons. The van der Waals surface area contributed by atoms with Crippen molar-refractivity contribution in [2.75, 3.05) is 11.5 Å². The molecule has 8 heteroatoms. The van der Waals surface area contributed by atoms with Gasteiger partial charge in [-0.15, -0.1) is 0 Å². The number of para-hydroxylation sites is 1. The smallest absolute Gasteiger partial charge is 0.349 e. The summed E-state index contributed by atoms with van der Waals surface area (Å²) >= 11 is 7.39. The van der Waals surface area contributed by atoms with Crippen LogP contribution in [-0.4, -0.2) is 34.0 Å². The van der Waals surface area contributed by atoms with E-state index in [2.05, 4.69) is 31.9 Å². The molecule has 2 aromatic carbocycles. The van der Waals surface area contributed by atoms with Gasteiger partial charge in [0.1, 0.15) is 11.5 Å².